The van der Waals surface area contributed by atoms with Crippen LogP contribution < -0.4 is 5.32 Å². The van der Waals surface area contributed by atoms with Crippen molar-refractivity contribution in [2.24, 2.45) is 0 Å². The van der Waals surface area contributed by atoms with Gasteiger partial charge in [0.25, 0.3) is 5.91 Å². The van der Waals surface area contributed by atoms with Crippen molar-refractivity contribution >= 4 is 16.8 Å². The van der Waals surface area contributed by atoms with Gasteiger partial charge < -0.3 is 5.32 Å². The third-order valence-corrected chi connectivity index (χ3v) is 4.82. The van der Waals surface area contributed by atoms with Gasteiger partial charge in [-0.3, -0.25) is 14.8 Å². The summed E-state index contributed by atoms with van der Waals surface area (Å²) in [6.07, 6.45) is 7.48. The summed E-state index contributed by atoms with van der Waals surface area (Å²) >= 11 is 0. The van der Waals surface area contributed by atoms with E-state index in [0.29, 0.717) is 17.6 Å². The lowest BCUT2D eigenvalue weighted by atomic mass is 10.0. The number of nitrogens with one attached hydrogen (secondary N) is 1. The molecule has 144 valence electrons. The first-order chi connectivity index (χ1) is 14.2. The molecule has 6 heteroatoms. The highest BCUT2D eigenvalue weighted by Crippen LogP contribution is 2.28. The van der Waals surface area contributed by atoms with Crippen LogP contribution in [-0.2, 0) is 0 Å². The van der Waals surface area contributed by atoms with E-state index in [1.54, 1.807) is 49.1 Å². The van der Waals surface area contributed by atoms with Gasteiger partial charge in [0, 0.05) is 30.2 Å². The first kappa shape index (κ1) is 18.7. The van der Waals surface area contributed by atoms with E-state index >= 15 is 0 Å². The predicted octanol–water partition coefficient (Wildman–Crippen LogP) is 4.71. The van der Waals surface area contributed by atoms with E-state index in [1.807, 2.05) is 19.1 Å². The molecule has 0 spiro atoms. The zero-order valence-corrected chi connectivity index (χ0v) is 15.8. The number of hydrogen-bond donors (Lipinski definition) is 1. The number of amides is 1. The Bertz CT molecular complexity index is 1150. The van der Waals surface area contributed by atoms with Crippen molar-refractivity contribution in [2.45, 2.75) is 19.4 Å². The average Bonchev–Trinajstić information content (AvgIpc) is 2.78. The first-order valence-electron chi connectivity index (χ1n) is 9.37. The molecule has 0 bridgehead atoms. The summed E-state index contributed by atoms with van der Waals surface area (Å²) < 4.78 is 13.2. The second kappa shape index (κ2) is 8.14. The Labute approximate surface area is 167 Å². The van der Waals surface area contributed by atoms with E-state index in [9.17, 15) is 9.18 Å². The molecule has 0 aliphatic carbocycles. The number of rotatable bonds is 5. The Hall–Kier alpha value is -3.67. The second-order valence-electron chi connectivity index (χ2n) is 6.67. The fourth-order valence-electron chi connectivity index (χ4n) is 3.30. The summed E-state index contributed by atoms with van der Waals surface area (Å²) in [6, 6.07) is 13.3. The van der Waals surface area contributed by atoms with E-state index in [1.165, 1.54) is 12.1 Å². The van der Waals surface area contributed by atoms with Crippen molar-refractivity contribution < 1.29 is 9.18 Å². The molecular weight excluding hydrogens is 367 g/mol. The zero-order valence-electron chi connectivity index (χ0n) is 15.8. The number of carbonyl (C=O) groups excluding carboxylic acids is 1. The zero-order chi connectivity index (χ0) is 20.2. The fraction of sp³-hybridized carbons (Fsp3) is 0.130. The fourth-order valence-corrected chi connectivity index (χ4v) is 3.30. The Balaban J connectivity index is 1.71. The van der Waals surface area contributed by atoms with Crippen LogP contribution in [0.25, 0.3) is 22.0 Å². The number of nitrogens with zero attached hydrogens (tertiary/aromatic N) is 3. The predicted molar refractivity (Wildman–Crippen MR) is 110 cm³/mol. The standard InChI is InChI=1S/C23H19FN4O/c1-2-20(16-3-5-17(24)6-4-16)28-23(29)22-13-18(15-7-10-25-11-8-15)19-14-26-12-9-21(19)27-22/h3-14,20H,2H2,1H3,(H,28,29). The number of fused-ring (bicyclic) bond motifs is 1. The Morgan fingerprint density at radius 2 is 1.76 bits per heavy atom. The van der Waals surface area contributed by atoms with Crippen LogP contribution in [0.1, 0.15) is 35.4 Å². The summed E-state index contributed by atoms with van der Waals surface area (Å²) in [5.74, 6) is -0.586. The molecule has 4 rings (SSSR count). The van der Waals surface area contributed by atoms with E-state index in [0.717, 1.165) is 22.1 Å². The van der Waals surface area contributed by atoms with Crippen LogP contribution in [0.4, 0.5) is 4.39 Å². The van der Waals surface area contributed by atoms with Crippen LogP contribution >= 0.6 is 0 Å². The SMILES string of the molecule is CCC(NC(=O)c1cc(-c2ccncc2)c2cnccc2n1)c1ccc(F)cc1. The van der Waals surface area contributed by atoms with Crippen molar-refractivity contribution in [3.63, 3.8) is 0 Å². The lowest BCUT2D eigenvalue weighted by Gasteiger charge is -2.18. The molecule has 3 aromatic heterocycles. The van der Waals surface area contributed by atoms with Gasteiger partial charge in [0.1, 0.15) is 11.5 Å². The first-order valence-corrected chi connectivity index (χ1v) is 9.37. The van der Waals surface area contributed by atoms with E-state index in [2.05, 4.69) is 20.3 Å². The molecule has 1 aromatic carbocycles. The average molecular weight is 386 g/mol. The highest BCUT2D eigenvalue weighted by molar-refractivity contribution is 6.01. The molecule has 0 aliphatic heterocycles. The van der Waals surface area contributed by atoms with Crippen LogP contribution in [0.15, 0.2) is 73.3 Å². The Kier molecular flexibility index (Phi) is 5.24. The second-order valence-corrected chi connectivity index (χ2v) is 6.67. The molecule has 3 heterocycles. The summed E-state index contributed by atoms with van der Waals surface area (Å²) in [7, 11) is 0. The van der Waals surface area contributed by atoms with E-state index in [4.69, 9.17) is 0 Å². The van der Waals surface area contributed by atoms with Crippen LogP contribution in [0.2, 0.25) is 0 Å². The molecule has 0 saturated carbocycles. The summed E-state index contributed by atoms with van der Waals surface area (Å²) in [5, 5.41) is 3.87. The number of carbonyl (C=O) groups is 1. The van der Waals surface area contributed by atoms with Crippen LogP contribution in [0.3, 0.4) is 0 Å². The Morgan fingerprint density at radius 1 is 1.03 bits per heavy atom. The minimum Gasteiger partial charge on any atom is -0.344 e. The lowest BCUT2D eigenvalue weighted by molar-refractivity contribution is 0.0931. The molecule has 1 N–H and O–H groups in total. The maximum atomic E-state index is 13.2. The van der Waals surface area contributed by atoms with Crippen LogP contribution in [0, 0.1) is 5.82 Å². The van der Waals surface area contributed by atoms with Crippen molar-refractivity contribution in [3.8, 4) is 11.1 Å². The topological polar surface area (TPSA) is 67.8 Å². The molecule has 1 atom stereocenters. The van der Waals surface area contributed by atoms with Crippen molar-refractivity contribution in [3.05, 3.63) is 90.4 Å². The third kappa shape index (κ3) is 3.96. The lowest BCUT2D eigenvalue weighted by Crippen LogP contribution is -2.29. The molecule has 0 aliphatic rings. The van der Waals surface area contributed by atoms with E-state index in [-0.39, 0.29) is 17.8 Å². The number of hydrogen-bond acceptors (Lipinski definition) is 4. The molecule has 0 fully saturated rings. The van der Waals surface area contributed by atoms with Gasteiger partial charge >= 0.3 is 0 Å². The highest BCUT2D eigenvalue weighted by atomic mass is 19.1. The summed E-state index contributed by atoms with van der Waals surface area (Å²) in [6.45, 7) is 1.97. The number of benzene rings is 1. The molecule has 29 heavy (non-hydrogen) atoms. The third-order valence-electron chi connectivity index (χ3n) is 4.82. The van der Waals surface area contributed by atoms with Gasteiger partial charge in [0.2, 0.25) is 0 Å². The quantitative estimate of drug-likeness (QED) is 0.539. The number of aromatic nitrogens is 3. The van der Waals surface area contributed by atoms with Gasteiger partial charge in [-0.15, -0.1) is 0 Å². The van der Waals surface area contributed by atoms with Gasteiger partial charge in [-0.05, 0) is 59.5 Å². The molecule has 5 nitrogen and oxygen atoms in total. The number of pyridine rings is 3. The van der Waals surface area contributed by atoms with Crippen molar-refractivity contribution in [2.75, 3.05) is 0 Å². The smallest absolute Gasteiger partial charge is 0.270 e. The van der Waals surface area contributed by atoms with Gasteiger partial charge in [0.15, 0.2) is 0 Å². The molecule has 0 saturated heterocycles. The minimum absolute atomic E-state index is 0.234. The molecule has 4 aromatic rings. The Morgan fingerprint density at radius 3 is 2.48 bits per heavy atom. The largest absolute Gasteiger partial charge is 0.344 e. The molecular formula is C23H19FN4O. The van der Waals surface area contributed by atoms with Gasteiger partial charge in [-0.1, -0.05) is 19.1 Å². The molecule has 0 radical (unpaired) electrons. The molecule has 1 unspecified atom stereocenters. The number of halogens is 1. The summed E-state index contributed by atoms with van der Waals surface area (Å²) in [4.78, 5) is 25.8. The van der Waals surface area contributed by atoms with Gasteiger partial charge in [-0.2, -0.15) is 0 Å². The van der Waals surface area contributed by atoms with Crippen LogP contribution in [-0.4, -0.2) is 20.9 Å². The minimum atomic E-state index is -0.304. The van der Waals surface area contributed by atoms with Crippen molar-refractivity contribution in [1.29, 1.82) is 0 Å². The van der Waals surface area contributed by atoms with Crippen LogP contribution in [0.5, 0.6) is 0 Å². The van der Waals surface area contributed by atoms with E-state index < -0.39 is 0 Å². The molecule has 1 amide bonds. The monoisotopic (exact) mass is 386 g/mol. The van der Waals surface area contributed by atoms with Gasteiger partial charge in [-0.25, -0.2) is 9.37 Å². The van der Waals surface area contributed by atoms with Crippen molar-refractivity contribution in [1.82, 2.24) is 20.3 Å². The highest BCUT2D eigenvalue weighted by Gasteiger charge is 2.18. The maximum Gasteiger partial charge on any atom is 0.270 e. The maximum absolute atomic E-state index is 13.2. The van der Waals surface area contributed by atoms with Gasteiger partial charge in [0.05, 0.1) is 11.6 Å². The summed E-state index contributed by atoms with van der Waals surface area (Å²) in [5.41, 5.74) is 3.65. The normalized spacial score (nSPS) is 11.9.